The average Bonchev–Trinajstić information content (AvgIpc) is 3.53. The van der Waals surface area contributed by atoms with Gasteiger partial charge >= 0.3 is 0 Å². The minimum Gasteiger partial charge on any atom is -0.322 e. The van der Waals surface area contributed by atoms with E-state index >= 15 is 0 Å². The van der Waals surface area contributed by atoms with Gasteiger partial charge < -0.3 is 5.32 Å². The topological polar surface area (TPSA) is 83.6 Å². The molecule has 1 N–H and O–H groups in total. The van der Waals surface area contributed by atoms with E-state index in [1.165, 1.54) is 4.31 Å². The van der Waals surface area contributed by atoms with Crippen molar-refractivity contribution in [1.82, 2.24) is 0 Å². The molecule has 1 amide bonds. The van der Waals surface area contributed by atoms with Crippen LogP contribution in [0.4, 0.5) is 11.4 Å². The molecule has 1 aliphatic heterocycles. The van der Waals surface area contributed by atoms with Gasteiger partial charge in [0.25, 0.3) is 5.91 Å². The molecule has 7 heteroatoms. The summed E-state index contributed by atoms with van der Waals surface area (Å²) in [5.41, 5.74) is 2.15. The molecular weight excluding hydrogens is 376 g/mol. The first-order valence-corrected chi connectivity index (χ1v) is 11.1. The van der Waals surface area contributed by atoms with Crippen LogP contribution >= 0.6 is 0 Å². The van der Waals surface area contributed by atoms with E-state index in [0.29, 0.717) is 35.5 Å². The maximum absolute atomic E-state index is 12.6. The van der Waals surface area contributed by atoms with Crippen LogP contribution in [0.25, 0.3) is 0 Å². The smallest absolute Gasteiger partial charge is 0.255 e. The molecule has 4 rings (SSSR count). The number of Topliss-reactive ketones (excluding diaryl/α,β-unsaturated/α-hetero) is 1. The predicted octanol–water partition coefficient (Wildman–Crippen LogP) is 3.46. The van der Waals surface area contributed by atoms with Crippen molar-refractivity contribution < 1.29 is 18.0 Å². The minimum atomic E-state index is -3.32. The third kappa shape index (κ3) is 3.94. The first kappa shape index (κ1) is 18.7. The van der Waals surface area contributed by atoms with Crippen LogP contribution < -0.4 is 9.62 Å². The van der Waals surface area contributed by atoms with E-state index in [2.05, 4.69) is 5.32 Å². The van der Waals surface area contributed by atoms with Gasteiger partial charge in [0.2, 0.25) is 10.0 Å². The van der Waals surface area contributed by atoms with Gasteiger partial charge in [-0.1, -0.05) is 6.07 Å². The van der Waals surface area contributed by atoms with Gasteiger partial charge in [0.15, 0.2) is 5.78 Å². The zero-order chi connectivity index (χ0) is 19.7. The monoisotopic (exact) mass is 398 g/mol. The standard InChI is InChI=1S/C21H22N2O4S/c24-20(15-6-7-15)16-8-10-18(11-9-16)22-21(25)17-4-3-5-19(14-17)23-12-1-2-13-28(23,26)27/h3-5,8-11,14-15H,1-2,6-7,12-13H2,(H,22,25). The number of rotatable bonds is 5. The number of nitrogens with one attached hydrogen (secondary N) is 1. The van der Waals surface area contributed by atoms with Gasteiger partial charge in [0.05, 0.1) is 11.4 Å². The summed E-state index contributed by atoms with van der Waals surface area (Å²) < 4.78 is 26.0. The van der Waals surface area contributed by atoms with E-state index in [9.17, 15) is 18.0 Å². The number of carbonyl (C=O) groups excluding carboxylic acids is 2. The van der Waals surface area contributed by atoms with Crippen molar-refractivity contribution in [2.75, 3.05) is 21.9 Å². The number of hydrogen-bond acceptors (Lipinski definition) is 4. The summed E-state index contributed by atoms with van der Waals surface area (Å²) >= 11 is 0. The zero-order valence-corrected chi connectivity index (χ0v) is 16.2. The maximum Gasteiger partial charge on any atom is 0.255 e. The van der Waals surface area contributed by atoms with Crippen LogP contribution in [0.2, 0.25) is 0 Å². The van der Waals surface area contributed by atoms with Gasteiger partial charge in [0.1, 0.15) is 0 Å². The molecule has 1 saturated carbocycles. The van der Waals surface area contributed by atoms with Gasteiger partial charge in [-0.15, -0.1) is 0 Å². The Labute approximate surface area is 164 Å². The molecule has 2 aliphatic rings. The fourth-order valence-electron chi connectivity index (χ4n) is 3.38. The second-order valence-electron chi connectivity index (χ2n) is 7.32. The molecule has 0 spiro atoms. The molecule has 2 fully saturated rings. The molecule has 0 atom stereocenters. The van der Waals surface area contributed by atoms with Crippen molar-refractivity contribution in [3.05, 3.63) is 59.7 Å². The summed E-state index contributed by atoms with van der Waals surface area (Å²) in [4.78, 5) is 24.7. The fourth-order valence-corrected chi connectivity index (χ4v) is 5.01. The summed E-state index contributed by atoms with van der Waals surface area (Å²) in [6.07, 6.45) is 3.39. The van der Waals surface area contributed by atoms with E-state index in [4.69, 9.17) is 0 Å². The first-order chi connectivity index (χ1) is 13.4. The number of anilines is 2. The first-order valence-electron chi connectivity index (χ1n) is 9.50. The summed E-state index contributed by atoms with van der Waals surface area (Å²) in [5.74, 6) is 0.134. The van der Waals surface area contributed by atoms with Crippen molar-refractivity contribution in [2.45, 2.75) is 25.7 Å². The Kier molecular flexibility index (Phi) is 4.93. The van der Waals surface area contributed by atoms with Crippen molar-refractivity contribution in [3.8, 4) is 0 Å². The van der Waals surface area contributed by atoms with Gasteiger partial charge in [0, 0.05) is 29.3 Å². The Bertz CT molecular complexity index is 1010. The second-order valence-corrected chi connectivity index (χ2v) is 9.33. The highest BCUT2D eigenvalue weighted by Crippen LogP contribution is 2.32. The lowest BCUT2D eigenvalue weighted by atomic mass is 10.1. The zero-order valence-electron chi connectivity index (χ0n) is 15.4. The van der Waals surface area contributed by atoms with Gasteiger partial charge in [-0.3, -0.25) is 13.9 Å². The number of benzene rings is 2. The van der Waals surface area contributed by atoms with Crippen LogP contribution in [-0.4, -0.2) is 32.4 Å². The van der Waals surface area contributed by atoms with Crippen LogP contribution in [0, 0.1) is 5.92 Å². The Morgan fingerprint density at radius 2 is 1.71 bits per heavy atom. The fraction of sp³-hybridized carbons (Fsp3) is 0.333. The van der Waals surface area contributed by atoms with Gasteiger partial charge in [-0.2, -0.15) is 0 Å². The third-order valence-electron chi connectivity index (χ3n) is 5.12. The highest BCUT2D eigenvalue weighted by molar-refractivity contribution is 7.92. The number of nitrogens with zero attached hydrogens (tertiary/aromatic N) is 1. The van der Waals surface area contributed by atoms with Crippen LogP contribution in [0.5, 0.6) is 0 Å². The molecular formula is C21H22N2O4S. The summed E-state index contributed by atoms with van der Waals surface area (Å²) in [6, 6.07) is 13.5. The van der Waals surface area contributed by atoms with Crippen LogP contribution in [0.3, 0.4) is 0 Å². The van der Waals surface area contributed by atoms with Crippen molar-refractivity contribution in [1.29, 1.82) is 0 Å². The normalized spacial score (nSPS) is 18.5. The summed E-state index contributed by atoms with van der Waals surface area (Å²) in [6.45, 7) is 0.434. The van der Waals surface area contributed by atoms with E-state index in [1.54, 1.807) is 48.5 Å². The Morgan fingerprint density at radius 1 is 0.964 bits per heavy atom. The van der Waals surface area contributed by atoms with Crippen molar-refractivity contribution in [3.63, 3.8) is 0 Å². The van der Waals surface area contributed by atoms with E-state index in [-0.39, 0.29) is 23.4 Å². The lowest BCUT2D eigenvalue weighted by Crippen LogP contribution is -2.37. The number of hydrogen-bond donors (Lipinski definition) is 1. The lowest BCUT2D eigenvalue weighted by Gasteiger charge is -2.28. The van der Waals surface area contributed by atoms with E-state index in [1.807, 2.05) is 0 Å². The molecule has 1 heterocycles. The van der Waals surface area contributed by atoms with Gasteiger partial charge in [-0.05, 0) is 68.1 Å². The second kappa shape index (κ2) is 7.39. The molecule has 1 aliphatic carbocycles. The predicted molar refractivity (Wildman–Crippen MR) is 108 cm³/mol. The van der Waals surface area contributed by atoms with Crippen molar-refractivity contribution >= 4 is 33.1 Å². The average molecular weight is 398 g/mol. The molecule has 6 nitrogen and oxygen atoms in total. The van der Waals surface area contributed by atoms with E-state index in [0.717, 1.165) is 19.3 Å². The molecule has 0 aromatic heterocycles. The third-order valence-corrected chi connectivity index (χ3v) is 6.99. The van der Waals surface area contributed by atoms with Gasteiger partial charge in [-0.25, -0.2) is 8.42 Å². The largest absolute Gasteiger partial charge is 0.322 e. The Hall–Kier alpha value is -2.67. The molecule has 146 valence electrons. The molecule has 2 aromatic rings. The Balaban J connectivity index is 1.48. The highest BCUT2D eigenvalue weighted by atomic mass is 32.2. The van der Waals surface area contributed by atoms with Crippen LogP contribution in [0.15, 0.2) is 48.5 Å². The maximum atomic E-state index is 12.6. The molecule has 0 unspecified atom stereocenters. The molecule has 0 radical (unpaired) electrons. The number of ketones is 1. The van der Waals surface area contributed by atoms with Crippen LogP contribution in [0.1, 0.15) is 46.4 Å². The quantitative estimate of drug-likeness (QED) is 0.782. The van der Waals surface area contributed by atoms with Crippen LogP contribution in [-0.2, 0) is 10.0 Å². The SMILES string of the molecule is O=C(Nc1ccc(C(=O)C2CC2)cc1)c1cccc(N2CCCCS2(=O)=O)c1. The van der Waals surface area contributed by atoms with E-state index < -0.39 is 10.0 Å². The molecule has 2 aromatic carbocycles. The minimum absolute atomic E-state index is 0.134. The molecule has 28 heavy (non-hydrogen) atoms. The molecule has 0 bridgehead atoms. The van der Waals surface area contributed by atoms with Crippen molar-refractivity contribution in [2.24, 2.45) is 5.92 Å². The Morgan fingerprint density at radius 3 is 2.39 bits per heavy atom. The number of amides is 1. The molecule has 1 saturated heterocycles. The number of sulfonamides is 1. The number of carbonyl (C=O) groups is 2. The summed E-state index contributed by atoms with van der Waals surface area (Å²) in [7, 11) is -3.32. The summed E-state index contributed by atoms with van der Waals surface area (Å²) in [5, 5.41) is 2.80. The lowest BCUT2D eigenvalue weighted by molar-refractivity contribution is 0.0967. The highest BCUT2D eigenvalue weighted by Gasteiger charge is 2.30.